The Morgan fingerprint density at radius 1 is 0.800 bits per heavy atom. The van der Waals surface area contributed by atoms with Crippen molar-refractivity contribution >= 4 is 23.9 Å². The van der Waals surface area contributed by atoms with Gasteiger partial charge in [0.2, 0.25) is 0 Å². The van der Waals surface area contributed by atoms with Crippen molar-refractivity contribution in [2.24, 2.45) is 5.73 Å². The maximum Gasteiger partial charge on any atom is 0.323 e. The van der Waals surface area contributed by atoms with E-state index in [9.17, 15) is 19.2 Å². The van der Waals surface area contributed by atoms with E-state index in [2.05, 4.69) is 0 Å². The highest BCUT2D eigenvalue weighted by molar-refractivity contribution is 5.77. The molecular formula is C26H39NO8. The molecule has 9 heteroatoms. The second kappa shape index (κ2) is 15.9. The fourth-order valence-electron chi connectivity index (χ4n) is 2.92. The minimum absolute atomic E-state index is 0.0955. The third kappa shape index (κ3) is 11.4. The molecule has 3 atom stereocenters. The third-order valence-corrected chi connectivity index (χ3v) is 5.25. The van der Waals surface area contributed by atoms with Gasteiger partial charge in [-0.2, -0.15) is 0 Å². The molecule has 35 heavy (non-hydrogen) atoms. The maximum absolute atomic E-state index is 12.5. The Hall–Kier alpha value is -2.94. The molecule has 1 aromatic carbocycles. The van der Waals surface area contributed by atoms with Crippen LogP contribution in [0.3, 0.4) is 0 Å². The van der Waals surface area contributed by atoms with Gasteiger partial charge in [-0.3, -0.25) is 19.2 Å². The molecule has 1 aromatic rings. The van der Waals surface area contributed by atoms with Crippen molar-refractivity contribution in [3.8, 4) is 11.5 Å². The molecule has 0 unspecified atom stereocenters. The van der Waals surface area contributed by atoms with Crippen LogP contribution in [0.15, 0.2) is 18.2 Å². The van der Waals surface area contributed by atoms with Crippen LogP contribution in [-0.4, -0.2) is 42.1 Å². The summed E-state index contributed by atoms with van der Waals surface area (Å²) < 4.78 is 21.4. The molecule has 0 fully saturated rings. The highest BCUT2D eigenvalue weighted by atomic mass is 16.6. The van der Waals surface area contributed by atoms with Gasteiger partial charge < -0.3 is 24.7 Å². The largest absolute Gasteiger partial charge is 0.459 e. The average molecular weight is 494 g/mol. The summed E-state index contributed by atoms with van der Waals surface area (Å²) in [5.41, 5.74) is 6.64. The lowest BCUT2D eigenvalue weighted by atomic mass is 10.1. The van der Waals surface area contributed by atoms with Gasteiger partial charge in [0.15, 0.2) is 11.5 Å². The van der Waals surface area contributed by atoms with Gasteiger partial charge >= 0.3 is 23.9 Å². The summed E-state index contributed by atoms with van der Waals surface area (Å²) in [4.78, 5) is 48.2. The molecule has 0 spiro atoms. The van der Waals surface area contributed by atoms with Gasteiger partial charge in [0.1, 0.15) is 18.2 Å². The van der Waals surface area contributed by atoms with Gasteiger partial charge in [0.05, 0.1) is 0 Å². The summed E-state index contributed by atoms with van der Waals surface area (Å²) in [5, 5.41) is 0. The van der Waals surface area contributed by atoms with Gasteiger partial charge in [-0.25, -0.2) is 0 Å². The van der Waals surface area contributed by atoms with Crippen LogP contribution in [0.2, 0.25) is 0 Å². The molecule has 0 bridgehead atoms. The standard InChI is InChI=1S/C26H39NO8/c1-6-9-11-24(29)34-21-14-13-19(16-22(21)35-25(30)12-10-7-2)15-20(27)26(31)33-18(5)17(4)32-23(28)8-3/h13-14,16-18,20H,6-12,15,27H2,1-5H3/t17-,18-,20-/m0/s1. The predicted octanol–water partition coefficient (Wildman–Crippen LogP) is 4.02. The summed E-state index contributed by atoms with van der Waals surface area (Å²) in [6.45, 7) is 8.86. The monoisotopic (exact) mass is 493 g/mol. The summed E-state index contributed by atoms with van der Waals surface area (Å²) in [5.74, 6) is -1.67. The molecule has 0 saturated heterocycles. The number of esters is 4. The van der Waals surface area contributed by atoms with E-state index < -0.39 is 36.2 Å². The van der Waals surface area contributed by atoms with E-state index in [4.69, 9.17) is 24.7 Å². The van der Waals surface area contributed by atoms with Crippen molar-refractivity contribution in [2.75, 3.05) is 0 Å². The molecule has 0 aromatic heterocycles. The molecule has 2 N–H and O–H groups in total. The SMILES string of the molecule is CCCCC(=O)Oc1ccc(C[C@H](N)C(=O)O[C@@H](C)[C@H](C)OC(=O)CC)cc1OC(=O)CCCC. The Balaban J connectivity index is 2.91. The molecule has 0 aliphatic carbocycles. The lowest BCUT2D eigenvalue weighted by Gasteiger charge is -2.22. The summed E-state index contributed by atoms with van der Waals surface area (Å²) in [7, 11) is 0. The number of unbranched alkanes of at least 4 members (excludes halogenated alkanes) is 2. The molecular weight excluding hydrogens is 454 g/mol. The van der Waals surface area contributed by atoms with Crippen LogP contribution in [-0.2, 0) is 35.1 Å². The average Bonchev–Trinajstić information content (AvgIpc) is 2.82. The van der Waals surface area contributed by atoms with Crippen LogP contribution >= 0.6 is 0 Å². The number of benzene rings is 1. The van der Waals surface area contributed by atoms with Crippen LogP contribution < -0.4 is 15.2 Å². The molecule has 1 rings (SSSR count). The second-order valence-corrected chi connectivity index (χ2v) is 8.44. The van der Waals surface area contributed by atoms with Gasteiger partial charge in [-0.15, -0.1) is 0 Å². The van der Waals surface area contributed by atoms with Crippen molar-refractivity contribution < 1.29 is 38.1 Å². The normalized spacial score (nSPS) is 13.3. The molecule has 196 valence electrons. The topological polar surface area (TPSA) is 131 Å². The van der Waals surface area contributed by atoms with Crippen LogP contribution in [0.25, 0.3) is 0 Å². The Kier molecular flexibility index (Phi) is 13.6. The zero-order valence-corrected chi connectivity index (χ0v) is 21.5. The molecule has 0 aliphatic rings. The van der Waals surface area contributed by atoms with E-state index in [1.54, 1.807) is 26.8 Å². The van der Waals surface area contributed by atoms with Crippen molar-refractivity contribution in [3.63, 3.8) is 0 Å². The number of ether oxygens (including phenoxy) is 4. The fraction of sp³-hybridized carbons (Fsp3) is 0.615. The number of rotatable bonds is 15. The number of nitrogens with two attached hydrogens (primary N) is 1. The van der Waals surface area contributed by atoms with E-state index in [-0.39, 0.29) is 43.2 Å². The van der Waals surface area contributed by atoms with Gasteiger partial charge in [0.25, 0.3) is 0 Å². The minimum atomic E-state index is -1.01. The van der Waals surface area contributed by atoms with Crippen molar-refractivity contribution in [1.82, 2.24) is 0 Å². The maximum atomic E-state index is 12.5. The second-order valence-electron chi connectivity index (χ2n) is 8.44. The minimum Gasteiger partial charge on any atom is -0.459 e. The first kappa shape index (κ1) is 30.1. The lowest BCUT2D eigenvalue weighted by Crippen LogP contribution is -2.39. The lowest BCUT2D eigenvalue weighted by molar-refractivity contribution is -0.166. The summed E-state index contributed by atoms with van der Waals surface area (Å²) >= 11 is 0. The zero-order chi connectivity index (χ0) is 26.4. The number of carbonyl (C=O) groups excluding carboxylic acids is 4. The first-order valence-corrected chi connectivity index (χ1v) is 12.3. The van der Waals surface area contributed by atoms with E-state index in [0.717, 1.165) is 12.8 Å². The summed E-state index contributed by atoms with van der Waals surface area (Å²) in [6, 6.07) is 3.70. The summed E-state index contributed by atoms with van der Waals surface area (Å²) in [6.07, 6.45) is 2.55. The van der Waals surface area contributed by atoms with Crippen LogP contribution in [0.1, 0.15) is 85.1 Å². The molecule has 9 nitrogen and oxygen atoms in total. The predicted molar refractivity (Wildman–Crippen MR) is 130 cm³/mol. The number of hydrogen-bond acceptors (Lipinski definition) is 9. The highest BCUT2D eigenvalue weighted by Gasteiger charge is 2.24. The first-order chi connectivity index (χ1) is 16.6. The van der Waals surface area contributed by atoms with Crippen molar-refractivity contribution in [2.45, 2.75) is 104 Å². The molecule has 0 saturated carbocycles. The van der Waals surface area contributed by atoms with Crippen LogP contribution in [0.5, 0.6) is 11.5 Å². The zero-order valence-electron chi connectivity index (χ0n) is 21.5. The van der Waals surface area contributed by atoms with Crippen molar-refractivity contribution in [3.05, 3.63) is 23.8 Å². The first-order valence-electron chi connectivity index (χ1n) is 12.3. The van der Waals surface area contributed by atoms with E-state index in [1.807, 2.05) is 13.8 Å². The van der Waals surface area contributed by atoms with Gasteiger partial charge in [-0.1, -0.05) is 39.7 Å². The quantitative estimate of drug-likeness (QED) is 0.284. The van der Waals surface area contributed by atoms with Crippen molar-refractivity contribution in [1.29, 1.82) is 0 Å². The van der Waals surface area contributed by atoms with E-state index in [0.29, 0.717) is 18.4 Å². The van der Waals surface area contributed by atoms with Gasteiger partial charge in [0, 0.05) is 19.3 Å². The fourth-order valence-corrected chi connectivity index (χ4v) is 2.92. The van der Waals surface area contributed by atoms with E-state index in [1.165, 1.54) is 12.1 Å². The van der Waals surface area contributed by atoms with Crippen LogP contribution in [0.4, 0.5) is 0 Å². The molecule has 0 aliphatic heterocycles. The van der Waals surface area contributed by atoms with Crippen LogP contribution in [0, 0.1) is 0 Å². The highest BCUT2D eigenvalue weighted by Crippen LogP contribution is 2.30. The Morgan fingerprint density at radius 3 is 1.89 bits per heavy atom. The Morgan fingerprint density at radius 2 is 1.34 bits per heavy atom. The molecule has 0 radical (unpaired) electrons. The number of hydrogen-bond donors (Lipinski definition) is 1. The molecule has 0 amide bonds. The molecule has 0 heterocycles. The Labute approximate surface area is 207 Å². The Bertz CT molecular complexity index is 854. The third-order valence-electron chi connectivity index (χ3n) is 5.25. The number of carbonyl (C=O) groups is 4. The smallest absolute Gasteiger partial charge is 0.323 e. The van der Waals surface area contributed by atoms with Gasteiger partial charge in [-0.05, 0) is 50.8 Å². The van der Waals surface area contributed by atoms with E-state index >= 15 is 0 Å².